The molecule has 1 aliphatic rings. The van der Waals surface area contributed by atoms with E-state index in [0.29, 0.717) is 12.6 Å². The zero-order valence-corrected chi connectivity index (χ0v) is 18.1. The van der Waals surface area contributed by atoms with E-state index in [4.69, 9.17) is 0 Å². The predicted molar refractivity (Wildman–Crippen MR) is 103 cm³/mol. The molecule has 144 valence electrons. The molecule has 5 nitrogen and oxygen atoms in total. The fraction of sp³-hybridized carbons (Fsp3) is 1.00. The zero-order valence-electron chi connectivity index (χ0n) is 17.3. The number of hydrogen-bond acceptors (Lipinski definition) is 4. The second kappa shape index (κ2) is 7.60. The minimum Gasteiger partial charge on any atom is -0.301 e. The van der Waals surface area contributed by atoms with Gasteiger partial charge < -0.3 is 4.90 Å². The molecule has 0 spiro atoms. The Bertz CT molecular complexity index is 505. The van der Waals surface area contributed by atoms with E-state index in [0.717, 1.165) is 26.2 Å². The van der Waals surface area contributed by atoms with Crippen molar-refractivity contribution in [2.24, 2.45) is 5.41 Å². The van der Waals surface area contributed by atoms with Crippen molar-refractivity contribution in [3.8, 4) is 0 Å². The van der Waals surface area contributed by atoms with E-state index in [1.54, 1.807) is 4.31 Å². The second-order valence-corrected chi connectivity index (χ2v) is 11.2. The number of piperazine rings is 1. The number of rotatable bonds is 5. The lowest BCUT2D eigenvalue weighted by molar-refractivity contribution is -0.00263. The third-order valence-electron chi connectivity index (χ3n) is 5.34. The first-order valence-electron chi connectivity index (χ1n) is 9.13. The summed E-state index contributed by atoms with van der Waals surface area (Å²) in [4.78, 5) is 4.95. The highest BCUT2D eigenvalue weighted by molar-refractivity contribution is 7.88. The summed E-state index contributed by atoms with van der Waals surface area (Å²) < 4.78 is 26.4. The van der Waals surface area contributed by atoms with Gasteiger partial charge in [-0.05, 0) is 39.7 Å². The molecule has 0 aromatic heterocycles. The Morgan fingerprint density at radius 2 is 1.67 bits per heavy atom. The van der Waals surface area contributed by atoms with Gasteiger partial charge in [0.1, 0.15) is 0 Å². The van der Waals surface area contributed by atoms with Crippen LogP contribution in [-0.4, -0.2) is 79.1 Å². The van der Waals surface area contributed by atoms with Crippen molar-refractivity contribution in [1.82, 2.24) is 14.1 Å². The lowest BCUT2D eigenvalue weighted by atomic mass is 9.85. The monoisotopic (exact) mass is 361 g/mol. The zero-order chi connectivity index (χ0) is 18.9. The molecule has 0 radical (unpaired) electrons. The lowest BCUT2D eigenvalue weighted by Crippen LogP contribution is -2.63. The molecule has 1 fully saturated rings. The van der Waals surface area contributed by atoms with Crippen LogP contribution in [0.4, 0.5) is 0 Å². The Morgan fingerprint density at radius 3 is 2.04 bits per heavy atom. The molecule has 0 saturated carbocycles. The van der Waals surface area contributed by atoms with Gasteiger partial charge in [-0.3, -0.25) is 4.90 Å². The molecule has 2 atom stereocenters. The molecular weight excluding hydrogens is 322 g/mol. The first-order chi connectivity index (χ1) is 10.7. The maximum absolute atomic E-state index is 12.4. The molecule has 1 heterocycles. The van der Waals surface area contributed by atoms with Gasteiger partial charge in [0, 0.05) is 43.8 Å². The van der Waals surface area contributed by atoms with E-state index in [1.165, 1.54) is 6.26 Å². The Hall–Kier alpha value is -0.170. The van der Waals surface area contributed by atoms with E-state index in [-0.39, 0.29) is 11.5 Å². The summed E-state index contributed by atoms with van der Waals surface area (Å²) in [6.07, 6.45) is 1.33. The quantitative estimate of drug-likeness (QED) is 0.755. The van der Waals surface area contributed by atoms with Gasteiger partial charge in [-0.2, -0.15) is 4.31 Å². The molecule has 1 saturated heterocycles. The summed E-state index contributed by atoms with van der Waals surface area (Å²) in [5.74, 6) is 0. The normalized spacial score (nSPS) is 23.7. The van der Waals surface area contributed by atoms with Gasteiger partial charge in [-0.25, -0.2) is 8.42 Å². The van der Waals surface area contributed by atoms with E-state index in [1.807, 2.05) is 20.8 Å². The standard InChI is InChI=1S/C18H39N3O2S/c1-10-19-11-12-20(15(2)17(3,4)5)16(13-19)14-21(18(6,7)8)24(9,22)23/h15-16H,10-14H2,1-9H3. The minimum absolute atomic E-state index is 0.171. The Labute approximate surface area is 150 Å². The smallest absolute Gasteiger partial charge is 0.211 e. The van der Waals surface area contributed by atoms with Crippen LogP contribution in [0.3, 0.4) is 0 Å². The van der Waals surface area contributed by atoms with Crippen LogP contribution in [0, 0.1) is 5.41 Å². The van der Waals surface area contributed by atoms with Crippen LogP contribution in [-0.2, 0) is 10.0 Å². The molecule has 6 heteroatoms. The largest absolute Gasteiger partial charge is 0.301 e. The second-order valence-electron chi connectivity index (χ2n) is 9.29. The molecule has 1 rings (SSSR count). The van der Waals surface area contributed by atoms with Crippen LogP contribution in [0.5, 0.6) is 0 Å². The van der Waals surface area contributed by atoms with Crippen LogP contribution in [0.25, 0.3) is 0 Å². The van der Waals surface area contributed by atoms with Gasteiger partial charge in [-0.1, -0.05) is 27.7 Å². The SMILES string of the molecule is CCN1CCN(C(C)C(C)(C)C)C(CN(C(C)(C)C)S(C)(=O)=O)C1. The summed E-state index contributed by atoms with van der Waals surface area (Å²) in [6, 6.07) is 0.629. The van der Waals surface area contributed by atoms with Gasteiger partial charge in [0.05, 0.1) is 6.26 Å². The summed E-state index contributed by atoms with van der Waals surface area (Å²) in [5, 5.41) is 0. The summed E-state index contributed by atoms with van der Waals surface area (Å²) >= 11 is 0. The van der Waals surface area contributed by atoms with Crippen molar-refractivity contribution in [3.05, 3.63) is 0 Å². The number of nitrogens with zero attached hydrogens (tertiary/aromatic N) is 3. The highest BCUT2D eigenvalue weighted by atomic mass is 32.2. The lowest BCUT2D eigenvalue weighted by Gasteiger charge is -2.50. The minimum atomic E-state index is -3.24. The molecule has 0 aromatic rings. The van der Waals surface area contributed by atoms with Crippen molar-refractivity contribution in [2.45, 2.75) is 73.0 Å². The Balaban J connectivity index is 3.11. The van der Waals surface area contributed by atoms with Crippen molar-refractivity contribution in [3.63, 3.8) is 0 Å². The number of hydrogen-bond donors (Lipinski definition) is 0. The third-order valence-corrected chi connectivity index (χ3v) is 6.83. The van der Waals surface area contributed by atoms with Crippen LogP contribution >= 0.6 is 0 Å². The maximum Gasteiger partial charge on any atom is 0.211 e. The third kappa shape index (κ3) is 5.68. The van der Waals surface area contributed by atoms with Crippen molar-refractivity contribution >= 4 is 10.0 Å². The van der Waals surface area contributed by atoms with Crippen LogP contribution in [0.15, 0.2) is 0 Å². The van der Waals surface area contributed by atoms with Crippen molar-refractivity contribution in [1.29, 1.82) is 0 Å². The summed E-state index contributed by atoms with van der Waals surface area (Å²) in [5.41, 5.74) is -0.233. The molecule has 1 aliphatic heterocycles. The first-order valence-corrected chi connectivity index (χ1v) is 11.0. The summed E-state index contributed by atoms with van der Waals surface area (Å²) in [7, 11) is -3.24. The maximum atomic E-state index is 12.4. The molecule has 0 bridgehead atoms. The highest BCUT2D eigenvalue weighted by Crippen LogP contribution is 2.29. The number of sulfonamides is 1. The van der Waals surface area contributed by atoms with Gasteiger partial charge in [0.15, 0.2) is 0 Å². The van der Waals surface area contributed by atoms with Crippen molar-refractivity contribution in [2.75, 3.05) is 39.0 Å². The van der Waals surface area contributed by atoms with Crippen LogP contribution in [0.2, 0.25) is 0 Å². The fourth-order valence-corrected chi connectivity index (χ4v) is 4.93. The molecule has 2 unspecified atom stereocenters. The number of likely N-dealkylation sites (N-methyl/N-ethyl adjacent to an activating group) is 1. The topological polar surface area (TPSA) is 43.9 Å². The Kier molecular flexibility index (Phi) is 6.93. The molecule has 24 heavy (non-hydrogen) atoms. The van der Waals surface area contributed by atoms with Crippen LogP contribution < -0.4 is 0 Å². The molecule has 0 aromatic carbocycles. The van der Waals surface area contributed by atoms with Crippen LogP contribution in [0.1, 0.15) is 55.4 Å². The first kappa shape index (κ1) is 21.9. The predicted octanol–water partition coefficient (Wildman–Crippen LogP) is 2.49. The molecule has 0 aliphatic carbocycles. The molecule has 0 amide bonds. The fourth-order valence-electron chi connectivity index (χ4n) is 3.49. The van der Waals surface area contributed by atoms with Gasteiger partial charge >= 0.3 is 0 Å². The van der Waals surface area contributed by atoms with Crippen molar-refractivity contribution < 1.29 is 8.42 Å². The van der Waals surface area contributed by atoms with E-state index >= 15 is 0 Å². The average molecular weight is 362 g/mol. The van der Waals surface area contributed by atoms with Gasteiger partial charge in [0.25, 0.3) is 0 Å². The highest BCUT2D eigenvalue weighted by Gasteiger charge is 2.39. The van der Waals surface area contributed by atoms with Gasteiger partial charge in [-0.15, -0.1) is 0 Å². The van der Waals surface area contributed by atoms with E-state index in [9.17, 15) is 8.42 Å². The molecule has 0 N–H and O–H groups in total. The Morgan fingerprint density at radius 1 is 1.12 bits per heavy atom. The van der Waals surface area contributed by atoms with E-state index in [2.05, 4.69) is 44.4 Å². The average Bonchev–Trinajstić information content (AvgIpc) is 2.40. The van der Waals surface area contributed by atoms with E-state index < -0.39 is 15.6 Å². The molecular formula is C18H39N3O2S. The summed E-state index contributed by atoms with van der Waals surface area (Å²) in [6.45, 7) is 21.7. The van der Waals surface area contributed by atoms with Gasteiger partial charge in [0.2, 0.25) is 10.0 Å².